The van der Waals surface area contributed by atoms with Crippen LogP contribution in [0, 0.1) is 17.1 Å². The molecule has 122 valence electrons. The van der Waals surface area contributed by atoms with Crippen LogP contribution in [0.3, 0.4) is 0 Å². The van der Waals surface area contributed by atoms with Crippen LogP contribution in [0.25, 0.3) is 21.3 Å². The highest BCUT2D eigenvalue weighted by molar-refractivity contribution is 7.99. The van der Waals surface area contributed by atoms with Crippen molar-refractivity contribution in [1.29, 1.82) is 5.26 Å². The quantitative estimate of drug-likeness (QED) is 0.389. The third kappa shape index (κ3) is 3.21. The van der Waals surface area contributed by atoms with Crippen molar-refractivity contribution < 1.29 is 4.39 Å². The Bertz CT molecular complexity index is 970. The number of hydrogen-bond acceptors (Lipinski definition) is 5. The molecule has 0 bridgehead atoms. The Morgan fingerprint density at radius 2 is 2.12 bits per heavy atom. The number of thioether (sulfide) groups is 1. The molecule has 1 aromatic carbocycles. The fraction of sp³-hybridized carbons (Fsp3) is 0.235. The van der Waals surface area contributed by atoms with E-state index in [4.69, 9.17) is 5.26 Å². The van der Waals surface area contributed by atoms with E-state index >= 15 is 0 Å². The number of fused-ring (bicyclic) bond motifs is 1. The molecule has 0 spiro atoms. The first-order valence-electron chi connectivity index (χ1n) is 7.35. The van der Waals surface area contributed by atoms with Crippen molar-refractivity contribution >= 4 is 33.3 Å². The van der Waals surface area contributed by atoms with Gasteiger partial charge in [-0.15, -0.1) is 11.3 Å². The lowest BCUT2D eigenvalue weighted by Gasteiger charge is -2.07. The first kappa shape index (κ1) is 16.7. The molecule has 0 saturated heterocycles. The van der Waals surface area contributed by atoms with Crippen LogP contribution < -0.4 is 5.56 Å². The van der Waals surface area contributed by atoms with E-state index in [1.807, 2.05) is 5.38 Å². The molecule has 24 heavy (non-hydrogen) atoms. The zero-order valence-corrected chi connectivity index (χ0v) is 14.6. The van der Waals surface area contributed by atoms with Gasteiger partial charge in [0.15, 0.2) is 5.16 Å². The van der Waals surface area contributed by atoms with Gasteiger partial charge in [0.2, 0.25) is 0 Å². The normalized spacial score (nSPS) is 10.9. The maximum Gasteiger partial charge on any atom is 0.263 e. The molecule has 0 unspecified atom stereocenters. The van der Waals surface area contributed by atoms with Gasteiger partial charge in [-0.25, -0.2) is 9.37 Å². The number of aromatic nitrogens is 2. The third-order valence-corrected chi connectivity index (χ3v) is 5.58. The number of halogens is 1. The van der Waals surface area contributed by atoms with Gasteiger partial charge in [-0.2, -0.15) is 5.26 Å². The number of hydrogen-bond donors (Lipinski definition) is 0. The molecule has 0 aliphatic rings. The van der Waals surface area contributed by atoms with Gasteiger partial charge >= 0.3 is 0 Å². The minimum atomic E-state index is -0.305. The maximum absolute atomic E-state index is 13.1. The molecule has 3 rings (SSSR count). The third-order valence-electron chi connectivity index (χ3n) is 3.59. The fourth-order valence-corrected chi connectivity index (χ4v) is 4.24. The second kappa shape index (κ2) is 7.16. The number of thiophene rings is 1. The van der Waals surface area contributed by atoms with Crippen molar-refractivity contribution in [2.45, 2.75) is 18.0 Å². The van der Waals surface area contributed by atoms with Crippen molar-refractivity contribution in [3.8, 4) is 17.2 Å². The summed E-state index contributed by atoms with van der Waals surface area (Å²) in [6.45, 7) is 0. The Morgan fingerprint density at radius 1 is 1.38 bits per heavy atom. The molecule has 2 heterocycles. The molecule has 7 heteroatoms. The number of benzene rings is 1. The average molecular weight is 359 g/mol. The van der Waals surface area contributed by atoms with Crippen LogP contribution >= 0.6 is 23.1 Å². The van der Waals surface area contributed by atoms with Crippen molar-refractivity contribution in [1.82, 2.24) is 9.55 Å². The van der Waals surface area contributed by atoms with Crippen LogP contribution in [0.5, 0.6) is 0 Å². The minimum Gasteiger partial charge on any atom is -0.290 e. The fourth-order valence-electron chi connectivity index (χ4n) is 2.34. The monoisotopic (exact) mass is 359 g/mol. The van der Waals surface area contributed by atoms with Crippen LogP contribution in [0.1, 0.15) is 12.8 Å². The molecule has 0 atom stereocenters. The molecule has 0 radical (unpaired) electrons. The van der Waals surface area contributed by atoms with E-state index in [9.17, 15) is 9.18 Å². The molecule has 0 aliphatic heterocycles. The van der Waals surface area contributed by atoms with Crippen molar-refractivity contribution in [2.75, 3.05) is 5.75 Å². The first-order chi connectivity index (χ1) is 11.6. The summed E-state index contributed by atoms with van der Waals surface area (Å²) in [4.78, 5) is 18.0. The topological polar surface area (TPSA) is 58.7 Å². The standard InChI is InChI=1S/C17H14FN3OS2/c1-21-16(22)14-13(11-4-6-12(18)7-5-11)10-24-15(14)20-17(21)23-9-3-2-8-19/h4-7,10H,2-3,9H2,1H3. The Kier molecular flexibility index (Phi) is 4.97. The molecule has 0 fully saturated rings. The molecular weight excluding hydrogens is 345 g/mol. The SMILES string of the molecule is Cn1c(SCCCC#N)nc2scc(-c3ccc(F)cc3)c2c1=O. The zero-order chi connectivity index (χ0) is 17.1. The van der Waals surface area contributed by atoms with Gasteiger partial charge in [-0.3, -0.25) is 9.36 Å². The Morgan fingerprint density at radius 3 is 2.83 bits per heavy atom. The highest BCUT2D eigenvalue weighted by atomic mass is 32.2. The summed E-state index contributed by atoms with van der Waals surface area (Å²) < 4.78 is 14.7. The highest BCUT2D eigenvalue weighted by Gasteiger charge is 2.15. The molecule has 0 saturated carbocycles. The lowest BCUT2D eigenvalue weighted by Crippen LogP contribution is -2.19. The summed E-state index contributed by atoms with van der Waals surface area (Å²) in [6, 6.07) is 8.21. The Hall–Kier alpha value is -2.17. The van der Waals surface area contributed by atoms with Gasteiger partial charge in [-0.1, -0.05) is 23.9 Å². The lowest BCUT2D eigenvalue weighted by atomic mass is 10.1. The van der Waals surface area contributed by atoms with Gasteiger partial charge < -0.3 is 0 Å². The summed E-state index contributed by atoms with van der Waals surface area (Å²) in [5.41, 5.74) is 1.48. The average Bonchev–Trinajstić information content (AvgIpc) is 3.00. The van der Waals surface area contributed by atoms with Crippen LogP contribution in [0.4, 0.5) is 4.39 Å². The predicted molar refractivity (Wildman–Crippen MR) is 95.8 cm³/mol. The number of rotatable bonds is 5. The van der Waals surface area contributed by atoms with Crippen molar-refractivity contribution in [2.24, 2.45) is 7.05 Å². The van der Waals surface area contributed by atoms with Crippen LogP contribution in [-0.4, -0.2) is 15.3 Å². The van der Waals surface area contributed by atoms with E-state index in [1.54, 1.807) is 23.7 Å². The number of nitrogens with zero attached hydrogens (tertiary/aromatic N) is 3. The largest absolute Gasteiger partial charge is 0.290 e. The van der Waals surface area contributed by atoms with E-state index < -0.39 is 0 Å². The maximum atomic E-state index is 13.1. The molecule has 0 aliphatic carbocycles. The second-order valence-corrected chi connectivity index (χ2v) is 7.13. The molecule has 0 amide bonds. The van der Waals surface area contributed by atoms with Crippen molar-refractivity contribution in [3.63, 3.8) is 0 Å². The van der Waals surface area contributed by atoms with Crippen LogP contribution in [0.15, 0.2) is 39.6 Å². The molecule has 2 aromatic heterocycles. The molecular formula is C17H14FN3OS2. The minimum absolute atomic E-state index is 0.108. The lowest BCUT2D eigenvalue weighted by molar-refractivity contribution is 0.628. The molecule has 3 aromatic rings. The second-order valence-electron chi connectivity index (χ2n) is 5.21. The van der Waals surface area contributed by atoms with E-state index in [1.165, 1.54) is 35.2 Å². The summed E-state index contributed by atoms with van der Waals surface area (Å²) in [5.74, 6) is 0.440. The van der Waals surface area contributed by atoms with E-state index in [0.29, 0.717) is 21.8 Å². The number of unbranched alkanes of at least 4 members (excludes halogenated alkanes) is 1. The van der Waals surface area contributed by atoms with E-state index in [2.05, 4.69) is 11.1 Å². The zero-order valence-electron chi connectivity index (χ0n) is 13.0. The molecule has 4 nitrogen and oxygen atoms in total. The summed E-state index contributed by atoms with van der Waals surface area (Å²) >= 11 is 2.89. The first-order valence-corrected chi connectivity index (χ1v) is 9.22. The van der Waals surface area contributed by atoms with E-state index in [0.717, 1.165) is 23.3 Å². The van der Waals surface area contributed by atoms with Gasteiger partial charge in [0.05, 0.1) is 11.5 Å². The highest BCUT2D eigenvalue weighted by Crippen LogP contribution is 2.32. The van der Waals surface area contributed by atoms with Gasteiger partial charge in [-0.05, 0) is 24.1 Å². The number of nitriles is 1. The van der Waals surface area contributed by atoms with Crippen LogP contribution in [0.2, 0.25) is 0 Å². The smallest absolute Gasteiger partial charge is 0.263 e. The predicted octanol–water partition coefficient (Wildman–Crippen LogP) is 4.20. The van der Waals surface area contributed by atoms with E-state index in [-0.39, 0.29) is 11.4 Å². The van der Waals surface area contributed by atoms with Gasteiger partial charge in [0.1, 0.15) is 10.6 Å². The van der Waals surface area contributed by atoms with Crippen molar-refractivity contribution in [3.05, 3.63) is 45.8 Å². The Labute approximate surface area is 146 Å². The Balaban J connectivity index is 2.01. The summed E-state index contributed by atoms with van der Waals surface area (Å²) in [6.07, 6.45) is 1.26. The summed E-state index contributed by atoms with van der Waals surface area (Å²) in [7, 11) is 1.70. The molecule has 0 N–H and O–H groups in total. The van der Waals surface area contributed by atoms with Gasteiger partial charge in [0.25, 0.3) is 5.56 Å². The van der Waals surface area contributed by atoms with Crippen LogP contribution in [-0.2, 0) is 7.05 Å². The van der Waals surface area contributed by atoms with Gasteiger partial charge in [0, 0.05) is 30.2 Å². The summed E-state index contributed by atoms with van der Waals surface area (Å²) in [5, 5.41) is 11.7.